The summed E-state index contributed by atoms with van der Waals surface area (Å²) in [5.41, 5.74) is 2.93. The Morgan fingerprint density at radius 3 is 2.54 bits per heavy atom. The van der Waals surface area contributed by atoms with Crippen LogP contribution in [-0.4, -0.2) is 30.4 Å². The summed E-state index contributed by atoms with van der Waals surface area (Å²) in [6.07, 6.45) is 0. The lowest BCUT2D eigenvalue weighted by Gasteiger charge is -1.98. The van der Waals surface area contributed by atoms with Gasteiger partial charge in [0.2, 0.25) is 17.6 Å². The summed E-state index contributed by atoms with van der Waals surface area (Å²) < 4.78 is 5.66. The number of benzene rings is 2. The van der Waals surface area contributed by atoms with Crippen molar-refractivity contribution >= 4 is 0 Å². The zero-order chi connectivity index (χ0) is 16.4. The SMILES string of the molecule is Cc1ccccc1-c1nnn(Cc2nnc(-c3ccccc3)o2)n1. The first-order valence-electron chi connectivity index (χ1n) is 7.51. The van der Waals surface area contributed by atoms with Crippen molar-refractivity contribution in [3.05, 3.63) is 66.1 Å². The van der Waals surface area contributed by atoms with E-state index in [1.165, 1.54) is 4.80 Å². The van der Waals surface area contributed by atoms with Crippen molar-refractivity contribution in [3.8, 4) is 22.8 Å². The summed E-state index contributed by atoms with van der Waals surface area (Å²) in [6, 6.07) is 17.5. The molecule has 118 valence electrons. The van der Waals surface area contributed by atoms with Gasteiger partial charge < -0.3 is 4.42 Å². The zero-order valence-corrected chi connectivity index (χ0v) is 13.0. The fourth-order valence-corrected chi connectivity index (χ4v) is 2.38. The second kappa shape index (κ2) is 6.04. The van der Waals surface area contributed by atoms with Crippen molar-refractivity contribution < 1.29 is 4.42 Å². The summed E-state index contributed by atoms with van der Waals surface area (Å²) in [5, 5.41) is 20.6. The van der Waals surface area contributed by atoms with E-state index < -0.39 is 0 Å². The van der Waals surface area contributed by atoms with E-state index in [0.29, 0.717) is 17.6 Å². The third-order valence-electron chi connectivity index (χ3n) is 3.60. The highest BCUT2D eigenvalue weighted by molar-refractivity contribution is 5.58. The first-order chi connectivity index (χ1) is 11.8. The Hall–Kier alpha value is -3.35. The molecule has 0 N–H and O–H groups in total. The number of rotatable bonds is 4. The first kappa shape index (κ1) is 14.3. The third kappa shape index (κ3) is 2.79. The predicted molar refractivity (Wildman–Crippen MR) is 86.8 cm³/mol. The summed E-state index contributed by atoms with van der Waals surface area (Å²) >= 11 is 0. The maximum Gasteiger partial charge on any atom is 0.247 e. The lowest BCUT2D eigenvalue weighted by molar-refractivity contribution is 0.446. The van der Waals surface area contributed by atoms with Gasteiger partial charge in [0.05, 0.1) is 0 Å². The van der Waals surface area contributed by atoms with Crippen molar-refractivity contribution in [3.63, 3.8) is 0 Å². The number of aromatic nitrogens is 6. The van der Waals surface area contributed by atoms with Crippen LogP contribution >= 0.6 is 0 Å². The maximum absolute atomic E-state index is 5.66. The van der Waals surface area contributed by atoms with E-state index in [0.717, 1.165) is 16.7 Å². The van der Waals surface area contributed by atoms with Crippen molar-refractivity contribution in [2.45, 2.75) is 13.5 Å². The molecule has 0 amide bonds. The molecule has 0 fully saturated rings. The Bertz CT molecular complexity index is 960. The molecule has 0 aliphatic rings. The van der Waals surface area contributed by atoms with Gasteiger partial charge in [-0.1, -0.05) is 42.5 Å². The van der Waals surface area contributed by atoms with E-state index in [1.54, 1.807) is 0 Å². The Labute approximate surface area is 138 Å². The molecule has 0 aliphatic carbocycles. The molecule has 0 saturated heterocycles. The molecule has 2 heterocycles. The highest BCUT2D eigenvalue weighted by atomic mass is 16.4. The lowest BCUT2D eigenvalue weighted by atomic mass is 10.1. The maximum atomic E-state index is 5.66. The molecule has 24 heavy (non-hydrogen) atoms. The number of hydrogen-bond acceptors (Lipinski definition) is 6. The fraction of sp³-hybridized carbons (Fsp3) is 0.118. The standard InChI is InChI=1S/C17H14N6O/c1-12-7-5-6-10-14(12)16-19-22-23(21-16)11-15-18-20-17(24-15)13-8-3-2-4-9-13/h2-10H,11H2,1H3. The Morgan fingerprint density at radius 2 is 1.71 bits per heavy atom. The molecule has 2 aromatic carbocycles. The summed E-state index contributed by atoms with van der Waals surface area (Å²) in [5.74, 6) is 1.49. The van der Waals surface area contributed by atoms with Gasteiger partial charge in [0.25, 0.3) is 0 Å². The van der Waals surface area contributed by atoms with E-state index in [2.05, 4.69) is 25.6 Å². The van der Waals surface area contributed by atoms with Gasteiger partial charge in [0.1, 0.15) is 6.54 Å². The molecule has 0 bridgehead atoms. The van der Waals surface area contributed by atoms with E-state index in [-0.39, 0.29) is 6.54 Å². The topological polar surface area (TPSA) is 82.5 Å². The van der Waals surface area contributed by atoms with Crippen LogP contribution in [0.4, 0.5) is 0 Å². The van der Waals surface area contributed by atoms with Crippen LogP contribution in [-0.2, 0) is 6.54 Å². The van der Waals surface area contributed by atoms with Gasteiger partial charge in [-0.2, -0.15) is 4.80 Å². The molecule has 4 aromatic rings. The Balaban J connectivity index is 1.55. The fourth-order valence-electron chi connectivity index (χ4n) is 2.38. The molecule has 0 atom stereocenters. The van der Waals surface area contributed by atoms with Crippen LogP contribution in [0.1, 0.15) is 11.5 Å². The van der Waals surface area contributed by atoms with Crippen molar-refractivity contribution in [2.24, 2.45) is 0 Å². The number of aryl methyl sites for hydroxylation is 1. The minimum Gasteiger partial charge on any atom is -0.419 e. The Kier molecular flexibility index (Phi) is 3.59. The second-order valence-electron chi connectivity index (χ2n) is 5.33. The van der Waals surface area contributed by atoms with Gasteiger partial charge in [-0.05, 0) is 29.8 Å². The van der Waals surface area contributed by atoms with Crippen molar-refractivity contribution in [1.29, 1.82) is 0 Å². The largest absolute Gasteiger partial charge is 0.419 e. The summed E-state index contributed by atoms with van der Waals surface area (Å²) in [6.45, 7) is 2.29. The van der Waals surface area contributed by atoms with Crippen LogP contribution in [0.2, 0.25) is 0 Å². The van der Waals surface area contributed by atoms with Gasteiger partial charge in [0, 0.05) is 11.1 Å². The molecular formula is C17H14N6O. The van der Waals surface area contributed by atoms with Gasteiger partial charge in [0.15, 0.2) is 0 Å². The quantitative estimate of drug-likeness (QED) is 0.575. The lowest BCUT2D eigenvalue weighted by Crippen LogP contribution is -2.04. The van der Waals surface area contributed by atoms with Crippen LogP contribution in [0.15, 0.2) is 59.0 Å². The first-order valence-corrected chi connectivity index (χ1v) is 7.51. The summed E-state index contributed by atoms with van der Waals surface area (Å²) in [7, 11) is 0. The Morgan fingerprint density at radius 1 is 0.917 bits per heavy atom. The molecule has 4 rings (SSSR count). The zero-order valence-electron chi connectivity index (χ0n) is 13.0. The highest BCUT2D eigenvalue weighted by Crippen LogP contribution is 2.19. The number of tetrazole rings is 1. The predicted octanol–water partition coefficient (Wildman–Crippen LogP) is 2.75. The minimum atomic E-state index is 0.277. The highest BCUT2D eigenvalue weighted by Gasteiger charge is 2.12. The van der Waals surface area contributed by atoms with Crippen LogP contribution in [0.3, 0.4) is 0 Å². The molecule has 7 nitrogen and oxygen atoms in total. The minimum absolute atomic E-state index is 0.277. The van der Waals surface area contributed by atoms with E-state index in [1.807, 2.05) is 61.5 Å². The average molecular weight is 318 g/mol. The molecule has 7 heteroatoms. The van der Waals surface area contributed by atoms with Crippen molar-refractivity contribution in [2.75, 3.05) is 0 Å². The number of hydrogen-bond donors (Lipinski definition) is 0. The second-order valence-corrected chi connectivity index (χ2v) is 5.33. The molecule has 0 spiro atoms. The molecule has 0 radical (unpaired) electrons. The van der Waals surface area contributed by atoms with Crippen molar-refractivity contribution in [1.82, 2.24) is 30.4 Å². The monoisotopic (exact) mass is 318 g/mol. The van der Waals surface area contributed by atoms with Crippen LogP contribution < -0.4 is 0 Å². The molecule has 0 saturated carbocycles. The van der Waals surface area contributed by atoms with Gasteiger partial charge in [-0.15, -0.1) is 20.4 Å². The average Bonchev–Trinajstić information content (AvgIpc) is 3.26. The number of nitrogens with zero attached hydrogens (tertiary/aromatic N) is 6. The van der Waals surface area contributed by atoms with Gasteiger partial charge in [-0.3, -0.25) is 0 Å². The molecule has 0 unspecified atom stereocenters. The molecule has 0 aliphatic heterocycles. The third-order valence-corrected chi connectivity index (χ3v) is 3.60. The van der Waals surface area contributed by atoms with E-state index >= 15 is 0 Å². The van der Waals surface area contributed by atoms with Gasteiger partial charge in [-0.25, -0.2) is 0 Å². The van der Waals surface area contributed by atoms with Crippen LogP contribution in [0, 0.1) is 6.92 Å². The van der Waals surface area contributed by atoms with E-state index in [4.69, 9.17) is 4.42 Å². The summed E-state index contributed by atoms with van der Waals surface area (Å²) in [4.78, 5) is 1.45. The molecular weight excluding hydrogens is 304 g/mol. The van der Waals surface area contributed by atoms with Crippen LogP contribution in [0.5, 0.6) is 0 Å². The van der Waals surface area contributed by atoms with Gasteiger partial charge >= 0.3 is 0 Å². The normalized spacial score (nSPS) is 10.9. The molecule has 2 aromatic heterocycles. The van der Waals surface area contributed by atoms with Crippen LogP contribution in [0.25, 0.3) is 22.8 Å². The van der Waals surface area contributed by atoms with E-state index in [9.17, 15) is 0 Å². The smallest absolute Gasteiger partial charge is 0.247 e.